The van der Waals surface area contributed by atoms with Gasteiger partial charge in [-0.05, 0) is 43.6 Å². The third-order valence-corrected chi connectivity index (χ3v) is 5.04. The number of piperidine rings is 1. The van der Waals surface area contributed by atoms with Gasteiger partial charge in [0.05, 0.1) is 7.11 Å². The zero-order valence-corrected chi connectivity index (χ0v) is 15.6. The Kier molecular flexibility index (Phi) is 6.60. The first kappa shape index (κ1) is 19.1. The van der Waals surface area contributed by atoms with Crippen LogP contribution in [0.25, 0.3) is 0 Å². The molecule has 0 bridgehead atoms. The van der Waals surface area contributed by atoms with E-state index in [0.717, 1.165) is 31.5 Å². The molecule has 0 saturated carbocycles. The van der Waals surface area contributed by atoms with Crippen molar-refractivity contribution < 1.29 is 14.3 Å². The SMILES string of the molecule is COC(=O)[C@H](Cc1ccccc1)N(C(=O)c1ccccc1)C1CCNCC1. The molecule has 2 aromatic rings. The second kappa shape index (κ2) is 9.33. The minimum atomic E-state index is -0.645. The summed E-state index contributed by atoms with van der Waals surface area (Å²) in [5.74, 6) is -0.490. The van der Waals surface area contributed by atoms with E-state index < -0.39 is 6.04 Å². The summed E-state index contributed by atoms with van der Waals surface area (Å²) < 4.78 is 5.09. The third kappa shape index (κ3) is 4.74. The Morgan fingerprint density at radius 3 is 2.22 bits per heavy atom. The summed E-state index contributed by atoms with van der Waals surface area (Å²) >= 11 is 0. The van der Waals surface area contributed by atoms with Crippen LogP contribution < -0.4 is 5.32 Å². The number of hydrogen-bond acceptors (Lipinski definition) is 4. The fraction of sp³-hybridized carbons (Fsp3) is 0.364. The monoisotopic (exact) mass is 366 g/mol. The predicted octanol–water partition coefficient (Wildman–Crippen LogP) is 2.67. The van der Waals surface area contributed by atoms with Gasteiger partial charge in [-0.1, -0.05) is 48.5 Å². The average Bonchev–Trinajstić information content (AvgIpc) is 2.74. The number of methoxy groups -OCH3 is 1. The number of rotatable bonds is 6. The van der Waals surface area contributed by atoms with Crippen LogP contribution in [0.15, 0.2) is 60.7 Å². The lowest BCUT2D eigenvalue weighted by Crippen LogP contribution is -2.54. The van der Waals surface area contributed by atoms with Crippen LogP contribution in [-0.4, -0.2) is 49.1 Å². The molecule has 27 heavy (non-hydrogen) atoms. The Morgan fingerprint density at radius 1 is 1.04 bits per heavy atom. The van der Waals surface area contributed by atoms with Crippen LogP contribution in [-0.2, 0) is 16.0 Å². The topological polar surface area (TPSA) is 58.6 Å². The second-order valence-corrected chi connectivity index (χ2v) is 6.79. The minimum absolute atomic E-state index is 0.00627. The van der Waals surface area contributed by atoms with Gasteiger partial charge in [0.15, 0.2) is 0 Å². The van der Waals surface area contributed by atoms with E-state index in [4.69, 9.17) is 4.74 Å². The van der Waals surface area contributed by atoms with Gasteiger partial charge in [0.1, 0.15) is 6.04 Å². The number of esters is 1. The largest absolute Gasteiger partial charge is 0.467 e. The number of nitrogens with one attached hydrogen (secondary N) is 1. The van der Waals surface area contributed by atoms with Gasteiger partial charge in [-0.25, -0.2) is 4.79 Å². The molecule has 0 radical (unpaired) electrons. The van der Waals surface area contributed by atoms with E-state index in [1.807, 2.05) is 48.5 Å². The fourth-order valence-electron chi connectivity index (χ4n) is 3.65. The molecule has 0 aliphatic carbocycles. The standard InChI is InChI=1S/C22H26N2O3/c1-27-22(26)20(16-17-8-4-2-5-9-17)24(19-12-14-23-15-13-19)21(25)18-10-6-3-7-11-18/h2-11,19-20,23H,12-16H2,1H3/t20-/m0/s1. The van der Waals surface area contributed by atoms with E-state index >= 15 is 0 Å². The zero-order valence-electron chi connectivity index (χ0n) is 15.6. The maximum Gasteiger partial charge on any atom is 0.328 e. The molecule has 2 aromatic carbocycles. The first-order valence-corrected chi connectivity index (χ1v) is 9.41. The molecular weight excluding hydrogens is 340 g/mol. The molecule has 1 amide bonds. The van der Waals surface area contributed by atoms with Crippen LogP contribution in [0.5, 0.6) is 0 Å². The number of carbonyl (C=O) groups excluding carboxylic acids is 2. The van der Waals surface area contributed by atoms with Crippen molar-refractivity contribution in [1.29, 1.82) is 0 Å². The minimum Gasteiger partial charge on any atom is -0.467 e. The molecule has 0 spiro atoms. The van der Waals surface area contributed by atoms with Crippen LogP contribution in [0.1, 0.15) is 28.8 Å². The van der Waals surface area contributed by atoms with E-state index in [-0.39, 0.29) is 17.9 Å². The first-order valence-electron chi connectivity index (χ1n) is 9.41. The molecule has 5 heteroatoms. The van der Waals surface area contributed by atoms with Crippen molar-refractivity contribution in [3.8, 4) is 0 Å². The molecule has 1 atom stereocenters. The summed E-state index contributed by atoms with van der Waals surface area (Å²) in [5.41, 5.74) is 1.60. The van der Waals surface area contributed by atoms with Crippen molar-refractivity contribution in [1.82, 2.24) is 10.2 Å². The molecule has 1 aliphatic heterocycles. The lowest BCUT2D eigenvalue weighted by molar-refractivity contribution is -0.147. The quantitative estimate of drug-likeness (QED) is 0.799. The molecule has 3 rings (SSSR count). The molecule has 1 saturated heterocycles. The zero-order chi connectivity index (χ0) is 19.1. The molecular formula is C22H26N2O3. The Labute approximate surface area is 160 Å². The molecule has 5 nitrogen and oxygen atoms in total. The lowest BCUT2D eigenvalue weighted by Gasteiger charge is -2.39. The molecule has 0 aromatic heterocycles. The molecule has 0 unspecified atom stereocenters. The predicted molar refractivity (Wildman–Crippen MR) is 104 cm³/mol. The number of benzene rings is 2. The van der Waals surface area contributed by atoms with Crippen LogP contribution in [0.4, 0.5) is 0 Å². The van der Waals surface area contributed by atoms with Crippen LogP contribution in [0.3, 0.4) is 0 Å². The highest BCUT2D eigenvalue weighted by Crippen LogP contribution is 2.22. The van der Waals surface area contributed by atoms with Crippen molar-refractivity contribution in [3.05, 3.63) is 71.8 Å². The summed E-state index contributed by atoms with van der Waals surface area (Å²) in [7, 11) is 1.38. The number of amides is 1. The van der Waals surface area contributed by atoms with E-state index in [2.05, 4.69) is 5.32 Å². The molecule has 1 heterocycles. The van der Waals surface area contributed by atoms with Gasteiger partial charge in [-0.3, -0.25) is 4.79 Å². The molecule has 1 fully saturated rings. The van der Waals surface area contributed by atoms with Gasteiger partial charge in [-0.2, -0.15) is 0 Å². The number of hydrogen-bond donors (Lipinski definition) is 1. The van der Waals surface area contributed by atoms with E-state index in [9.17, 15) is 9.59 Å². The summed E-state index contributed by atoms with van der Waals surface area (Å²) in [6, 6.07) is 18.3. The Bertz CT molecular complexity index is 743. The van der Waals surface area contributed by atoms with Gasteiger partial charge < -0.3 is 15.0 Å². The summed E-state index contributed by atoms with van der Waals surface area (Å²) in [5, 5.41) is 3.33. The molecule has 1 N–H and O–H groups in total. The fourth-order valence-corrected chi connectivity index (χ4v) is 3.65. The highest BCUT2D eigenvalue weighted by Gasteiger charge is 2.37. The van der Waals surface area contributed by atoms with Crippen molar-refractivity contribution in [3.63, 3.8) is 0 Å². The summed E-state index contributed by atoms with van der Waals surface area (Å²) in [6.45, 7) is 1.67. The summed E-state index contributed by atoms with van der Waals surface area (Å²) in [4.78, 5) is 27.9. The van der Waals surface area contributed by atoms with E-state index in [0.29, 0.717) is 12.0 Å². The highest BCUT2D eigenvalue weighted by atomic mass is 16.5. The highest BCUT2D eigenvalue weighted by molar-refractivity contribution is 5.97. The van der Waals surface area contributed by atoms with Gasteiger partial charge >= 0.3 is 5.97 Å². The van der Waals surface area contributed by atoms with Crippen LogP contribution in [0.2, 0.25) is 0 Å². The van der Waals surface area contributed by atoms with Crippen molar-refractivity contribution in [2.45, 2.75) is 31.3 Å². The van der Waals surface area contributed by atoms with Crippen molar-refractivity contribution >= 4 is 11.9 Å². The van der Waals surface area contributed by atoms with Crippen LogP contribution >= 0.6 is 0 Å². The van der Waals surface area contributed by atoms with Crippen LogP contribution in [0, 0.1) is 0 Å². The molecule has 142 valence electrons. The Balaban J connectivity index is 1.96. The third-order valence-electron chi connectivity index (χ3n) is 5.04. The maximum atomic E-state index is 13.4. The lowest BCUT2D eigenvalue weighted by atomic mass is 9.97. The van der Waals surface area contributed by atoms with E-state index in [1.165, 1.54) is 7.11 Å². The number of nitrogens with zero attached hydrogens (tertiary/aromatic N) is 1. The Hall–Kier alpha value is -2.66. The smallest absolute Gasteiger partial charge is 0.328 e. The average molecular weight is 366 g/mol. The van der Waals surface area contributed by atoms with Gasteiger partial charge in [0, 0.05) is 18.0 Å². The van der Waals surface area contributed by atoms with Gasteiger partial charge in [-0.15, -0.1) is 0 Å². The maximum absolute atomic E-state index is 13.4. The van der Waals surface area contributed by atoms with Crippen molar-refractivity contribution in [2.24, 2.45) is 0 Å². The van der Waals surface area contributed by atoms with Crippen molar-refractivity contribution in [2.75, 3.05) is 20.2 Å². The van der Waals surface area contributed by atoms with Gasteiger partial charge in [0.25, 0.3) is 5.91 Å². The molecule has 1 aliphatic rings. The number of ether oxygens (including phenoxy) is 1. The summed E-state index contributed by atoms with van der Waals surface area (Å²) in [6.07, 6.45) is 2.08. The second-order valence-electron chi connectivity index (χ2n) is 6.79. The number of carbonyl (C=O) groups is 2. The van der Waals surface area contributed by atoms with Gasteiger partial charge in [0.2, 0.25) is 0 Å². The first-order chi connectivity index (χ1) is 13.2. The normalized spacial score (nSPS) is 15.7. The van der Waals surface area contributed by atoms with E-state index in [1.54, 1.807) is 17.0 Å². The Morgan fingerprint density at radius 2 is 1.63 bits per heavy atom.